The predicted molar refractivity (Wildman–Crippen MR) is 72.9 cm³/mol. The number of carbonyl (C=O) groups is 1. The van der Waals surface area contributed by atoms with Gasteiger partial charge in [0, 0.05) is 13.1 Å². The van der Waals surface area contributed by atoms with Crippen molar-refractivity contribution >= 4 is 23.8 Å². The van der Waals surface area contributed by atoms with Gasteiger partial charge in [-0.05, 0) is 6.92 Å². The normalized spacial score (nSPS) is 16.6. The molecule has 10 heteroatoms. The number of primary amides is 1. The van der Waals surface area contributed by atoms with Crippen LogP contribution in [0.5, 0.6) is 0 Å². The molecule has 1 unspecified atom stereocenters. The van der Waals surface area contributed by atoms with E-state index in [0.717, 1.165) is 0 Å². The zero-order valence-corrected chi connectivity index (χ0v) is 11.2. The largest absolute Gasteiger partial charge is 0.378 e. The fourth-order valence-electron chi connectivity index (χ4n) is 1.66. The lowest BCUT2D eigenvalue weighted by Gasteiger charge is -2.27. The average Bonchev–Trinajstić information content (AvgIpc) is 2.47. The molecule has 1 amide bonds. The highest BCUT2D eigenvalue weighted by Crippen LogP contribution is 2.14. The van der Waals surface area contributed by atoms with Gasteiger partial charge in [0.05, 0.1) is 13.2 Å². The number of carbonyl (C=O) groups excluding carboxylic acids is 1. The summed E-state index contributed by atoms with van der Waals surface area (Å²) in [6.07, 6.45) is 0. The molecular formula is C10H18N8O2. The topological polar surface area (TPSA) is 144 Å². The Morgan fingerprint density at radius 3 is 2.55 bits per heavy atom. The average molecular weight is 282 g/mol. The molecule has 10 nitrogen and oxygen atoms in total. The molecule has 1 aliphatic rings. The molecule has 0 aromatic carbocycles. The second-order valence-electron chi connectivity index (χ2n) is 4.29. The minimum Gasteiger partial charge on any atom is -0.378 e. The summed E-state index contributed by atoms with van der Waals surface area (Å²) in [5.74, 6) is 5.76. The number of aromatic nitrogens is 3. The Bertz CT molecular complexity index is 476. The third kappa shape index (κ3) is 3.42. The summed E-state index contributed by atoms with van der Waals surface area (Å²) in [6, 6.07) is -0.597. The van der Waals surface area contributed by atoms with Crippen molar-refractivity contribution in [3.63, 3.8) is 0 Å². The van der Waals surface area contributed by atoms with Crippen LogP contribution in [-0.4, -0.2) is 53.2 Å². The van der Waals surface area contributed by atoms with Gasteiger partial charge in [-0.15, -0.1) is 0 Å². The fraction of sp³-hybridized carbons (Fsp3) is 0.600. The van der Waals surface area contributed by atoms with Gasteiger partial charge in [-0.25, -0.2) is 5.84 Å². The number of amides is 1. The highest BCUT2D eigenvalue weighted by Gasteiger charge is 2.17. The number of nitrogen functional groups attached to an aromatic ring is 1. The van der Waals surface area contributed by atoms with Crippen molar-refractivity contribution in [2.75, 3.05) is 41.9 Å². The zero-order chi connectivity index (χ0) is 14.5. The second kappa shape index (κ2) is 6.30. The zero-order valence-electron chi connectivity index (χ0n) is 11.2. The Balaban J connectivity index is 2.21. The van der Waals surface area contributed by atoms with E-state index in [9.17, 15) is 4.79 Å². The molecule has 6 N–H and O–H groups in total. The van der Waals surface area contributed by atoms with Crippen molar-refractivity contribution in [3.05, 3.63) is 0 Å². The number of nitrogens with two attached hydrogens (primary N) is 2. The van der Waals surface area contributed by atoms with Crippen LogP contribution in [0.15, 0.2) is 0 Å². The van der Waals surface area contributed by atoms with Gasteiger partial charge < -0.3 is 20.7 Å². The van der Waals surface area contributed by atoms with Crippen LogP contribution in [0.1, 0.15) is 6.92 Å². The maximum absolute atomic E-state index is 11.1. The number of ether oxygens (including phenoxy) is 1. The summed E-state index contributed by atoms with van der Waals surface area (Å²) in [5.41, 5.74) is 7.57. The van der Waals surface area contributed by atoms with Crippen molar-refractivity contribution in [2.24, 2.45) is 11.6 Å². The fourth-order valence-corrected chi connectivity index (χ4v) is 1.66. The molecule has 1 aromatic heterocycles. The van der Waals surface area contributed by atoms with E-state index in [1.54, 1.807) is 6.92 Å². The molecule has 0 spiro atoms. The minimum atomic E-state index is -0.597. The molecule has 110 valence electrons. The van der Waals surface area contributed by atoms with Crippen LogP contribution in [0.3, 0.4) is 0 Å². The number of morpholine rings is 1. The third-order valence-corrected chi connectivity index (χ3v) is 2.82. The first kappa shape index (κ1) is 14.2. The van der Waals surface area contributed by atoms with E-state index in [2.05, 4.69) is 25.7 Å². The summed E-state index contributed by atoms with van der Waals surface area (Å²) in [7, 11) is 0. The lowest BCUT2D eigenvalue weighted by molar-refractivity contribution is -0.118. The van der Waals surface area contributed by atoms with Crippen molar-refractivity contribution in [2.45, 2.75) is 13.0 Å². The molecule has 1 aromatic rings. The Kier molecular flexibility index (Phi) is 4.48. The van der Waals surface area contributed by atoms with Crippen LogP contribution in [0, 0.1) is 0 Å². The highest BCUT2D eigenvalue weighted by atomic mass is 16.5. The van der Waals surface area contributed by atoms with E-state index in [-0.39, 0.29) is 11.9 Å². The van der Waals surface area contributed by atoms with E-state index in [0.29, 0.717) is 32.3 Å². The van der Waals surface area contributed by atoms with Gasteiger partial charge in [0.15, 0.2) is 0 Å². The number of nitrogens with zero attached hydrogens (tertiary/aromatic N) is 4. The van der Waals surface area contributed by atoms with Crippen LogP contribution in [0.25, 0.3) is 0 Å². The monoisotopic (exact) mass is 282 g/mol. The molecule has 1 fully saturated rings. The molecule has 1 atom stereocenters. The molecule has 20 heavy (non-hydrogen) atoms. The van der Waals surface area contributed by atoms with Gasteiger partial charge in [-0.3, -0.25) is 10.2 Å². The van der Waals surface area contributed by atoms with Crippen molar-refractivity contribution in [3.8, 4) is 0 Å². The van der Waals surface area contributed by atoms with Gasteiger partial charge >= 0.3 is 0 Å². The summed E-state index contributed by atoms with van der Waals surface area (Å²) in [4.78, 5) is 25.5. The molecule has 0 radical (unpaired) electrons. The quantitative estimate of drug-likeness (QED) is 0.366. The van der Waals surface area contributed by atoms with Gasteiger partial charge in [-0.2, -0.15) is 15.0 Å². The molecular weight excluding hydrogens is 264 g/mol. The van der Waals surface area contributed by atoms with Gasteiger partial charge in [0.25, 0.3) is 0 Å². The number of hydrogen-bond acceptors (Lipinski definition) is 9. The molecule has 0 aliphatic carbocycles. The van der Waals surface area contributed by atoms with E-state index in [1.165, 1.54) is 0 Å². The third-order valence-electron chi connectivity index (χ3n) is 2.82. The lowest BCUT2D eigenvalue weighted by atomic mass is 10.3. The van der Waals surface area contributed by atoms with Crippen molar-refractivity contribution in [1.29, 1.82) is 0 Å². The molecule has 1 saturated heterocycles. The van der Waals surface area contributed by atoms with Gasteiger partial charge in [0.1, 0.15) is 6.04 Å². The molecule has 0 bridgehead atoms. The Morgan fingerprint density at radius 2 is 1.95 bits per heavy atom. The molecule has 0 saturated carbocycles. The maximum Gasteiger partial charge on any atom is 0.243 e. The molecule has 2 heterocycles. The van der Waals surface area contributed by atoms with Crippen LogP contribution in [0.2, 0.25) is 0 Å². The first-order valence-electron chi connectivity index (χ1n) is 6.21. The van der Waals surface area contributed by atoms with E-state index >= 15 is 0 Å². The second-order valence-corrected chi connectivity index (χ2v) is 4.29. The van der Waals surface area contributed by atoms with Gasteiger partial charge in [-0.1, -0.05) is 0 Å². The van der Waals surface area contributed by atoms with Crippen molar-refractivity contribution < 1.29 is 9.53 Å². The Morgan fingerprint density at radius 1 is 1.30 bits per heavy atom. The lowest BCUT2D eigenvalue weighted by Crippen LogP contribution is -2.38. The van der Waals surface area contributed by atoms with E-state index in [1.807, 2.05) is 4.90 Å². The standard InChI is InChI=1S/C10H18N8O2/c1-6(7(11)19)13-8-14-9(17-12)16-10(15-8)18-2-4-20-5-3-18/h6H,2-5,12H2,1H3,(H2,11,19)(H2,13,14,15,16,17). The van der Waals surface area contributed by atoms with E-state index < -0.39 is 11.9 Å². The number of hydrazine groups is 1. The molecule has 2 rings (SSSR count). The maximum atomic E-state index is 11.1. The first-order valence-corrected chi connectivity index (χ1v) is 6.21. The minimum absolute atomic E-state index is 0.209. The smallest absolute Gasteiger partial charge is 0.243 e. The predicted octanol–water partition coefficient (Wildman–Crippen LogP) is -1.72. The number of rotatable bonds is 5. The van der Waals surface area contributed by atoms with Crippen LogP contribution in [-0.2, 0) is 9.53 Å². The summed E-state index contributed by atoms with van der Waals surface area (Å²) >= 11 is 0. The molecule has 1 aliphatic heterocycles. The van der Waals surface area contributed by atoms with Crippen LogP contribution in [0.4, 0.5) is 17.8 Å². The Labute approximate surface area is 115 Å². The summed E-state index contributed by atoms with van der Waals surface area (Å²) in [6.45, 7) is 4.20. The van der Waals surface area contributed by atoms with Crippen molar-refractivity contribution in [1.82, 2.24) is 15.0 Å². The van der Waals surface area contributed by atoms with Gasteiger partial charge in [0.2, 0.25) is 23.8 Å². The first-order chi connectivity index (χ1) is 9.60. The van der Waals surface area contributed by atoms with E-state index in [4.69, 9.17) is 16.3 Å². The number of nitrogens with one attached hydrogen (secondary N) is 2. The highest BCUT2D eigenvalue weighted by molar-refractivity contribution is 5.81. The number of anilines is 3. The Hall–Kier alpha value is -2.20. The SMILES string of the molecule is CC(Nc1nc(NN)nc(N2CCOCC2)n1)C(N)=O. The summed E-state index contributed by atoms with van der Waals surface area (Å²) < 4.78 is 5.27. The summed E-state index contributed by atoms with van der Waals surface area (Å²) in [5, 5.41) is 2.81. The van der Waals surface area contributed by atoms with Crippen LogP contribution >= 0.6 is 0 Å². The van der Waals surface area contributed by atoms with Crippen LogP contribution < -0.4 is 27.2 Å². The number of hydrogen-bond donors (Lipinski definition) is 4.